The van der Waals surface area contributed by atoms with Crippen molar-refractivity contribution >= 4 is 35.8 Å². The molecule has 2 N–H and O–H groups in total. The van der Waals surface area contributed by atoms with Crippen LogP contribution in [0.3, 0.4) is 0 Å². The highest BCUT2D eigenvalue weighted by atomic mass is 127. The van der Waals surface area contributed by atoms with Gasteiger partial charge in [-0.1, -0.05) is 36.8 Å². The topological polar surface area (TPSA) is 69.2 Å². The van der Waals surface area contributed by atoms with Crippen LogP contribution < -0.4 is 10.6 Å². The largest absolute Gasteiger partial charge is 0.378 e. The number of nitrogens with zero attached hydrogens (tertiary/aromatic N) is 3. The summed E-state index contributed by atoms with van der Waals surface area (Å²) in [5.74, 6) is 0.656. The average molecular weight is 529 g/mol. The summed E-state index contributed by atoms with van der Waals surface area (Å²) in [7, 11) is 1.78. The Morgan fingerprint density at radius 1 is 1.07 bits per heavy atom. The summed E-state index contributed by atoms with van der Waals surface area (Å²) in [5, 5.41) is 6.76. The van der Waals surface area contributed by atoms with E-state index in [4.69, 9.17) is 4.74 Å². The van der Waals surface area contributed by atoms with Crippen LogP contribution in [-0.2, 0) is 9.53 Å². The van der Waals surface area contributed by atoms with E-state index < -0.39 is 0 Å². The minimum absolute atomic E-state index is 0. The van der Waals surface area contributed by atoms with E-state index in [0.29, 0.717) is 32.8 Å². The number of amides is 1. The molecule has 1 unspecified atom stereocenters. The van der Waals surface area contributed by atoms with Crippen LogP contribution in [0.4, 0.5) is 0 Å². The lowest BCUT2D eigenvalue weighted by molar-refractivity contribution is -0.136. The summed E-state index contributed by atoms with van der Waals surface area (Å²) >= 11 is 0. The maximum absolute atomic E-state index is 13.2. The van der Waals surface area contributed by atoms with Crippen molar-refractivity contribution in [1.29, 1.82) is 0 Å². The zero-order valence-corrected chi connectivity index (χ0v) is 20.3. The second-order valence-electron chi connectivity index (χ2n) is 7.68. The molecule has 0 aliphatic carbocycles. The van der Waals surface area contributed by atoms with E-state index in [1.807, 2.05) is 35.2 Å². The number of hydrogen-bond acceptors (Lipinski definition) is 4. The Hall–Kier alpha value is -1.39. The summed E-state index contributed by atoms with van der Waals surface area (Å²) in [6.07, 6.45) is 3.95. The molecule has 1 aromatic rings. The van der Waals surface area contributed by atoms with Gasteiger partial charge < -0.3 is 25.2 Å². The summed E-state index contributed by atoms with van der Waals surface area (Å²) in [5.41, 5.74) is 1.03. The van der Waals surface area contributed by atoms with Crippen molar-refractivity contribution in [3.8, 4) is 0 Å². The van der Waals surface area contributed by atoms with Crippen LogP contribution in [0.5, 0.6) is 0 Å². The van der Waals surface area contributed by atoms with E-state index in [-0.39, 0.29) is 35.8 Å². The molecule has 0 bridgehead atoms. The highest BCUT2D eigenvalue weighted by molar-refractivity contribution is 14.0. The van der Waals surface area contributed by atoms with E-state index in [0.717, 1.165) is 24.6 Å². The van der Waals surface area contributed by atoms with Gasteiger partial charge in [-0.05, 0) is 31.5 Å². The van der Waals surface area contributed by atoms with Gasteiger partial charge in [0.2, 0.25) is 5.91 Å². The summed E-state index contributed by atoms with van der Waals surface area (Å²) in [4.78, 5) is 21.9. The molecule has 1 atom stereocenters. The molecule has 8 heteroatoms. The van der Waals surface area contributed by atoms with E-state index in [1.54, 1.807) is 7.05 Å². The first kappa shape index (κ1) is 24.9. The Bertz CT molecular complexity index is 646. The van der Waals surface area contributed by atoms with Crippen molar-refractivity contribution in [3.63, 3.8) is 0 Å². The molecule has 0 saturated carbocycles. The molecule has 168 valence electrons. The normalized spacial score (nSPS) is 19.0. The molecular formula is C22H36IN5O2. The minimum Gasteiger partial charge on any atom is -0.378 e. The molecule has 0 spiro atoms. The zero-order valence-electron chi connectivity index (χ0n) is 18.0. The number of nitrogens with one attached hydrogen (secondary N) is 2. The standard InChI is InChI=1S/C22H35N5O2.HI/c1-23-22(24-10-13-26-11-6-3-7-12-26)25-18-20(19-8-4-2-5-9-19)21(28)27-14-16-29-17-15-27;/h2,4-5,8-9,20H,3,6-7,10-18H2,1H3,(H2,23,24,25);1H. The first-order chi connectivity index (χ1) is 14.3. The number of hydrogen-bond donors (Lipinski definition) is 2. The lowest BCUT2D eigenvalue weighted by Gasteiger charge is -2.31. The lowest BCUT2D eigenvalue weighted by atomic mass is 9.97. The van der Waals surface area contributed by atoms with E-state index in [1.165, 1.54) is 32.4 Å². The number of carbonyl (C=O) groups excluding carboxylic acids is 1. The van der Waals surface area contributed by atoms with Crippen molar-refractivity contribution in [1.82, 2.24) is 20.4 Å². The molecule has 2 heterocycles. The van der Waals surface area contributed by atoms with Gasteiger partial charge in [-0.2, -0.15) is 0 Å². The summed E-state index contributed by atoms with van der Waals surface area (Å²) in [6, 6.07) is 10.0. The molecule has 0 radical (unpaired) electrons. The van der Waals surface area contributed by atoms with Crippen LogP contribution in [0.25, 0.3) is 0 Å². The molecule has 0 aromatic heterocycles. The van der Waals surface area contributed by atoms with Crippen molar-refractivity contribution in [2.45, 2.75) is 25.2 Å². The fraction of sp³-hybridized carbons (Fsp3) is 0.636. The van der Waals surface area contributed by atoms with Crippen molar-refractivity contribution in [2.75, 3.05) is 66.1 Å². The predicted molar refractivity (Wildman–Crippen MR) is 132 cm³/mol. The third-order valence-electron chi connectivity index (χ3n) is 5.69. The quantitative estimate of drug-likeness (QED) is 0.321. The Morgan fingerprint density at radius 3 is 2.43 bits per heavy atom. The molecule has 2 saturated heterocycles. The van der Waals surface area contributed by atoms with Gasteiger partial charge in [0.25, 0.3) is 0 Å². The number of rotatable bonds is 7. The van der Waals surface area contributed by atoms with E-state index in [2.05, 4.69) is 20.5 Å². The van der Waals surface area contributed by atoms with Gasteiger partial charge in [0, 0.05) is 39.8 Å². The molecule has 2 aliphatic heterocycles. The third-order valence-corrected chi connectivity index (χ3v) is 5.69. The molecule has 1 aromatic carbocycles. The van der Waals surface area contributed by atoms with Crippen LogP contribution in [0.1, 0.15) is 30.7 Å². The second-order valence-corrected chi connectivity index (χ2v) is 7.68. The number of piperidine rings is 1. The number of likely N-dealkylation sites (tertiary alicyclic amines) is 1. The maximum Gasteiger partial charge on any atom is 0.232 e. The molecule has 1 amide bonds. The number of carbonyl (C=O) groups is 1. The Morgan fingerprint density at radius 2 is 1.77 bits per heavy atom. The van der Waals surface area contributed by atoms with Crippen LogP contribution >= 0.6 is 24.0 Å². The summed E-state index contributed by atoms with van der Waals surface area (Å²) in [6.45, 7) is 7.32. The Labute approximate surface area is 197 Å². The van der Waals surface area contributed by atoms with Gasteiger partial charge >= 0.3 is 0 Å². The maximum atomic E-state index is 13.2. The smallest absolute Gasteiger partial charge is 0.232 e. The Balaban J connectivity index is 0.00000320. The number of morpholine rings is 1. The number of guanidine groups is 1. The fourth-order valence-corrected chi connectivity index (χ4v) is 3.97. The number of benzene rings is 1. The first-order valence-electron chi connectivity index (χ1n) is 10.9. The molecule has 7 nitrogen and oxygen atoms in total. The predicted octanol–water partition coefficient (Wildman–Crippen LogP) is 1.90. The molecule has 30 heavy (non-hydrogen) atoms. The van der Waals surface area contributed by atoms with Gasteiger partial charge in [0.15, 0.2) is 5.96 Å². The van der Waals surface area contributed by atoms with Crippen molar-refractivity contribution in [2.24, 2.45) is 4.99 Å². The monoisotopic (exact) mass is 529 g/mol. The van der Waals surface area contributed by atoms with Crippen LogP contribution in [0, 0.1) is 0 Å². The number of halogens is 1. The average Bonchev–Trinajstić information content (AvgIpc) is 2.80. The lowest BCUT2D eigenvalue weighted by Crippen LogP contribution is -2.48. The van der Waals surface area contributed by atoms with Gasteiger partial charge in [-0.15, -0.1) is 24.0 Å². The van der Waals surface area contributed by atoms with Gasteiger partial charge in [-0.3, -0.25) is 9.79 Å². The van der Waals surface area contributed by atoms with Gasteiger partial charge in [0.05, 0.1) is 19.1 Å². The fourth-order valence-electron chi connectivity index (χ4n) is 3.97. The SMILES string of the molecule is CN=C(NCCN1CCCCC1)NCC(C(=O)N1CCOCC1)c1ccccc1.I. The number of ether oxygens (including phenoxy) is 1. The molecule has 2 fully saturated rings. The second kappa shape index (κ2) is 13.8. The molecule has 3 rings (SSSR count). The van der Waals surface area contributed by atoms with Crippen molar-refractivity contribution < 1.29 is 9.53 Å². The van der Waals surface area contributed by atoms with Gasteiger partial charge in [-0.25, -0.2) is 0 Å². The van der Waals surface area contributed by atoms with E-state index in [9.17, 15) is 4.79 Å². The minimum atomic E-state index is -0.241. The zero-order chi connectivity index (χ0) is 20.3. The summed E-state index contributed by atoms with van der Waals surface area (Å²) < 4.78 is 5.40. The highest BCUT2D eigenvalue weighted by Gasteiger charge is 2.27. The third kappa shape index (κ3) is 7.70. The highest BCUT2D eigenvalue weighted by Crippen LogP contribution is 2.18. The first-order valence-corrected chi connectivity index (χ1v) is 10.9. The molecule has 2 aliphatic rings. The van der Waals surface area contributed by atoms with Crippen LogP contribution in [0.2, 0.25) is 0 Å². The van der Waals surface area contributed by atoms with E-state index >= 15 is 0 Å². The van der Waals surface area contributed by atoms with Crippen LogP contribution in [0.15, 0.2) is 35.3 Å². The van der Waals surface area contributed by atoms with Crippen molar-refractivity contribution in [3.05, 3.63) is 35.9 Å². The van der Waals surface area contributed by atoms with Crippen LogP contribution in [-0.4, -0.2) is 87.7 Å². The van der Waals surface area contributed by atoms with Gasteiger partial charge in [0.1, 0.15) is 0 Å². The Kier molecular flexibility index (Phi) is 11.5. The molecular weight excluding hydrogens is 493 g/mol. The number of aliphatic imine (C=N–C) groups is 1.